The number of fused-ring (bicyclic) bond motifs is 1. The van der Waals surface area contributed by atoms with Crippen molar-refractivity contribution in [2.24, 2.45) is 0 Å². The highest BCUT2D eigenvalue weighted by Crippen LogP contribution is 2.33. The number of ether oxygens (including phenoxy) is 4. The predicted molar refractivity (Wildman–Crippen MR) is 157 cm³/mol. The SMILES string of the molecule is COc1ccc(N(CCCN2CCc3cc(OC)c(OC)cc3CC2)C(=O)Nc2ccc([N+](=O)[O-])cc2)cc1OC. The number of urea groups is 1. The summed E-state index contributed by atoms with van der Waals surface area (Å²) < 4.78 is 21.8. The first-order valence-corrected chi connectivity index (χ1v) is 13.4. The molecule has 0 spiro atoms. The molecule has 11 heteroatoms. The maximum Gasteiger partial charge on any atom is 0.326 e. The molecule has 0 aliphatic carbocycles. The van der Waals surface area contributed by atoms with Crippen LogP contribution < -0.4 is 29.2 Å². The number of carbonyl (C=O) groups excluding carboxylic acids is 1. The van der Waals surface area contributed by atoms with Crippen LogP contribution in [0.5, 0.6) is 23.0 Å². The summed E-state index contributed by atoms with van der Waals surface area (Å²) >= 11 is 0. The zero-order valence-electron chi connectivity index (χ0n) is 23.8. The molecule has 0 unspecified atom stereocenters. The molecule has 0 bridgehead atoms. The number of benzene rings is 3. The topological polar surface area (TPSA) is 116 Å². The van der Waals surface area contributed by atoms with Crippen LogP contribution >= 0.6 is 0 Å². The minimum Gasteiger partial charge on any atom is -0.493 e. The fraction of sp³-hybridized carbons (Fsp3) is 0.367. The number of nitro benzene ring substituents is 1. The van der Waals surface area contributed by atoms with Gasteiger partial charge in [0.1, 0.15) is 0 Å². The minimum atomic E-state index is -0.476. The number of hydrogen-bond acceptors (Lipinski definition) is 8. The van der Waals surface area contributed by atoms with Crippen LogP contribution in [0.15, 0.2) is 54.6 Å². The molecule has 0 aromatic heterocycles. The summed E-state index contributed by atoms with van der Waals surface area (Å²) in [4.78, 5) is 28.0. The number of hydrogen-bond donors (Lipinski definition) is 1. The van der Waals surface area contributed by atoms with E-state index < -0.39 is 4.92 Å². The molecule has 1 N–H and O–H groups in total. The standard InChI is InChI=1S/C30H36N4O7/c1-38-26-11-10-25(20-29(26)41-4)33(30(35)31-23-6-8-24(9-7-23)34(36)37)15-5-14-32-16-12-21-18-27(39-2)28(40-3)19-22(21)13-17-32/h6-11,18-20H,5,12-17H2,1-4H3,(H,31,35). The van der Waals surface area contributed by atoms with Gasteiger partial charge in [-0.1, -0.05) is 0 Å². The smallest absolute Gasteiger partial charge is 0.326 e. The normalized spacial score (nSPS) is 13.0. The quantitative estimate of drug-likeness (QED) is 0.251. The molecule has 1 heterocycles. The number of carbonyl (C=O) groups is 1. The Kier molecular flexibility index (Phi) is 9.86. The molecule has 3 aromatic carbocycles. The summed E-state index contributed by atoms with van der Waals surface area (Å²) in [5.74, 6) is 2.55. The summed E-state index contributed by atoms with van der Waals surface area (Å²) in [6.45, 7) is 3.04. The van der Waals surface area contributed by atoms with Gasteiger partial charge < -0.3 is 29.2 Å². The van der Waals surface area contributed by atoms with Crippen molar-refractivity contribution < 1.29 is 28.7 Å². The van der Waals surface area contributed by atoms with Crippen LogP contribution in [-0.4, -0.2) is 70.5 Å². The highest BCUT2D eigenvalue weighted by atomic mass is 16.6. The minimum absolute atomic E-state index is 0.0452. The van der Waals surface area contributed by atoms with Gasteiger partial charge in [0.25, 0.3) is 5.69 Å². The summed E-state index contributed by atoms with van der Waals surface area (Å²) in [6.07, 6.45) is 2.52. The maximum atomic E-state index is 13.5. The van der Waals surface area contributed by atoms with Gasteiger partial charge in [0.2, 0.25) is 0 Å². The largest absolute Gasteiger partial charge is 0.493 e. The van der Waals surface area contributed by atoms with Crippen molar-refractivity contribution in [3.63, 3.8) is 0 Å². The first-order chi connectivity index (χ1) is 19.9. The van der Waals surface area contributed by atoms with Crippen LogP contribution in [0.2, 0.25) is 0 Å². The zero-order chi connectivity index (χ0) is 29.4. The Labute approximate surface area is 239 Å². The number of amides is 2. The van der Waals surface area contributed by atoms with Gasteiger partial charge in [0.15, 0.2) is 23.0 Å². The average Bonchev–Trinajstić information content (AvgIpc) is 3.19. The van der Waals surface area contributed by atoms with Crippen LogP contribution in [0.4, 0.5) is 21.9 Å². The van der Waals surface area contributed by atoms with E-state index in [1.54, 1.807) is 51.5 Å². The number of anilines is 2. The van der Waals surface area contributed by atoms with E-state index in [-0.39, 0.29) is 11.7 Å². The van der Waals surface area contributed by atoms with E-state index in [9.17, 15) is 14.9 Å². The Morgan fingerprint density at radius 3 is 1.95 bits per heavy atom. The molecule has 11 nitrogen and oxygen atoms in total. The van der Waals surface area contributed by atoms with Gasteiger partial charge in [-0.05, 0) is 73.3 Å². The molecular formula is C30H36N4O7. The molecule has 218 valence electrons. The van der Waals surface area contributed by atoms with Crippen LogP contribution in [0.3, 0.4) is 0 Å². The Morgan fingerprint density at radius 2 is 1.41 bits per heavy atom. The van der Waals surface area contributed by atoms with E-state index >= 15 is 0 Å². The van der Waals surface area contributed by atoms with E-state index in [4.69, 9.17) is 18.9 Å². The molecule has 0 fully saturated rings. The van der Waals surface area contributed by atoms with E-state index in [1.807, 2.05) is 0 Å². The van der Waals surface area contributed by atoms with Gasteiger partial charge in [-0.3, -0.25) is 15.0 Å². The van der Waals surface area contributed by atoms with Crippen LogP contribution in [-0.2, 0) is 12.8 Å². The van der Waals surface area contributed by atoms with E-state index in [0.717, 1.165) is 50.4 Å². The molecule has 41 heavy (non-hydrogen) atoms. The van der Waals surface area contributed by atoms with Gasteiger partial charge in [-0.15, -0.1) is 0 Å². The van der Waals surface area contributed by atoms with Crippen LogP contribution in [0, 0.1) is 10.1 Å². The third kappa shape index (κ3) is 7.17. The second-order valence-corrected chi connectivity index (χ2v) is 9.60. The molecule has 2 amide bonds. The second-order valence-electron chi connectivity index (χ2n) is 9.60. The number of non-ortho nitro benzene ring substituents is 1. The van der Waals surface area contributed by atoms with Gasteiger partial charge in [0, 0.05) is 49.2 Å². The van der Waals surface area contributed by atoms with Crippen molar-refractivity contribution in [1.82, 2.24) is 4.90 Å². The van der Waals surface area contributed by atoms with E-state index in [0.29, 0.717) is 29.4 Å². The summed E-state index contributed by atoms with van der Waals surface area (Å²) in [5, 5.41) is 13.9. The third-order valence-electron chi connectivity index (χ3n) is 7.21. The van der Waals surface area contributed by atoms with Crippen molar-refractivity contribution in [3.8, 4) is 23.0 Å². The number of nitrogens with one attached hydrogen (secondary N) is 1. The van der Waals surface area contributed by atoms with Crippen molar-refractivity contribution in [2.45, 2.75) is 19.3 Å². The molecule has 1 aliphatic heterocycles. The van der Waals surface area contributed by atoms with Crippen molar-refractivity contribution in [1.29, 1.82) is 0 Å². The molecule has 0 radical (unpaired) electrons. The summed E-state index contributed by atoms with van der Waals surface area (Å²) in [7, 11) is 6.40. The molecule has 1 aliphatic rings. The fourth-order valence-corrected chi connectivity index (χ4v) is 4.97. The lowest BCUT2D eigenvalue weighted by Crippen LogP contribution is -2.38. The van der Waals surface area contributed by atoms with Crippen LogP contribution in [0.1, 0.15) is 17.5 Å². The van der Waals surface area contributed by atoms with E-state index in [1.165, 1.54) is 35.4 Å². The molecule has 0 saturated heterocycles. The zero-order valence-corrected chi connectivity index (χ0v) is 23.8. The molecule has 4 rings (SSSR count). The lowest BCUT2D eigenvalue weighted by Gasteiger charge is -2.26. The highest BCUT2D eigenvalue weighted by molar-refractivity contribution is 6.02. The molecule has 0 atom stereocenters. The highest BCUT2D eigenvalue weighted by Gasteiger charge is 2.21. The first-order valence-electron chi connectivity index (χ1n) is 13.4. The lowest BCUT2D eigenvalue weighted by atomic mass is 10.0. The third-order valence-corrected chi connectivity index (χ3v) is 7.21. The molecular weight excluding hydrogens is 528 g/mol. The van der Waals surface area contributed by atoms with Gasteiger partial charge in [0.05, 0.1) is 33.4 Å². The monoisotopic (exact) mass is 564 g/mol. The van der Waals surface area contributed by atoms with E-state index in [2.05, 4.69) is 22.3 Å². The average molecular weight is 565 g/mol. The lowest BCUT2D eigenvalue weighted by molar-refractivity contribution is -0.384. The van der Waals surface area contributed by atoms with Crippen molar-refractivity contribution >= 4 is 23.1 Å². The Morgan fingerprint density at radius 1 is 0.854 bits per heavy atom. The van der Waals surface area contributed by atoms with Gasteiger partial charge >= 0.3 is 6.03 Å². The molecule has 0 saturated carbocycles. The summed E-state index contributed by atoms with van der Waals surface area (Å²) in [5.41, 5.74) is 3.59. The Bertz CT molecular complexity index is 1330. The van der Waals surface area contributed by atoms with Crippen molar-refractivity contribution in [3.05, 3.63) is 75.8 Å². The maximum absolute atomic E-state index is 13.5. The second kappa shape index (κ2) is 13.7. The van der Waals surface area contributed by atoms with Crippen LogP contribution in [0.25, 0.3) is 0 Å². The van der Waals surface area contributed by atoms with Gasteiger partial charge in [-0.2, -0.15) is 0 Å². The number of rotatable bonds is 11. The number of nitrogens with zero attached hydrogens (tertiary/aromatic N) is 3. The van der Waals surface area contributed by atoms with Crippen molar-refractivity contribution in [2.75, 3.05) is 64.8 Å². The Balaban J connectivity index is 1.46. The number of nitro groups is 1. The number of methoxy groups -OCH3 is 4. The predicted octanol–water partition coefficient (Wildman–Crippen LogP) is 5.16. The fourth-order valence-electron chi connectivity index (χ4n) is 4.97. The molecule has 3 aromatic rings. The first kappa shape index (κ1) is 29.5. The Hall–Kier alpha value is -4.51. The van der Waals surface area contributed by atoms with Gasteiger partial charge in [-0.25, -0.2) is 4.79 Å². The summed E-state index contributed by atoms with van der Waals surface area (Å²) in [6, 6.07) is 14.9.